The smallest absolute Gasteiger partial charge is 0.256 e. The molecule has 0 radical (unpaired) electrons. The van der Waals surface area contributed by atoms with E-state index in [2.05, 4.69) is 45.5 Å². The summed E-state index contributed by atoms with van der Waals surface area (Å²) in [5, 5.41) is 2.94. The highest BCUT2D eigenvalue weighted by molar-refractivity contribution is 5.98. The molecule has 1 fully saturated rings. The van der Waals surface area contributed by atoms with E-state index in [0.29, 0.717) is 35.4 Å². The van der Waals surface area contributed by atoms with Crippen LogP contribution in [0, 0.1) is 5.92 Å². The second-order valence-electron chi connectivity index (χ2n) is 8.68. The number of carbonyl (C=O) groups is 1. The first-order chi connectivity index (χ1) is 16.8. The topological polar surface area (TPSA) is 71.3 Å². The molecule has 0 spiro atoms. The summed E-state index contributed by atoms with van der Waals surface area (Å²) in [6.45, 7) is 2.05. The maximum Gasteiger partial charge on any atom is 0.256 e. The normalized spacial score (nSPS) is 14.2. The standard InChI is InChI=1S/C28H28N4O2/c33-28(30-19-24-12-7-17-34-24)25-20-29-26(23-10-5-2-6-11-23)31-27(25)32-15-13-22(14-16-32)18-21-8-3-1-4-9-21/h1-12,17,20,22H,13-16,18-19H2,(H,30,33). The van der Waals surface area contributed by atoms with Crippen LogP contribution in [0.4, 0.5) is 5.82 Å². The Bertz CT molecular complexity index is 1200. The second kappa shape index (κ2) is 10.3. The van der Waals surface area contributed by atoms with Gasteiger partial charge in [0.1, 0.15) is 17.1 Å². The first-order valence-electron chi connectivity index (χ1n) is 11.8. The monoisotopic (exact) mass is 452 g/mol. The molecular formula is C28H28N4O2. The quantitative estimate of drug-likeness (QED) is 0.421. The van der Waals surface area contributed by atoms with Gasteiger partial charge in [-0.25, -0.2) is 9.97 Å². The number of hydrogen-bond acceptors (Lipinski definition) is 5. The molecule has 0 saturated carbocycles. The van der Waals surface area contributed by atoms with Gasteiger partial charge in [0.2, 0.25) is 0 Å². The Morgan fingerprint density at radius 1 is 0.971 bits per heavy atom. The molecule has 0 atom stereocenters. The van der Waals surface area contributed by atoms with E-state index in [1.165, 1.54) is 5.56 Å². The number of anilines is 1. The maximum absolute atomic E-state index is 13.1. The fourth-order valence-electron chi connectivity index (χ4n) is 4.47. The van der Waals surface area contributed by atoms with Crippen LogP contribution in [0.15, 0.2) is 89.7 Å². The van der Waals surface area contributed by atoms with E-state index >= 15 is 0 Å². The third-order valence-corrected chi connectivity index (χ3v) is 6.33. The Morgan fingerprint density at radius 3 is 2.41 bits per heavy atom. The Labute approximate surface area is 199 Å². The molecule has 3 heterocycles. The summed E-state index contributed by atoms with van der Waals surface area (Å²) >= 11 is 0. The molecule has 4 aromatic rings. The van der Waals surface area contributed by atoms with Gasteiger partial charge in [-0.1, -0.05) is 60.7 Å². The molecule has 1 aliphatic heterocycles. The van der Waals surface area contributed by atoms with E-state index in [0.717, 1.165) is 37.9 Å². The molecule has 0 bridgehead atoms. The van der Waals surface area contributed by atoms with E-state index in [-0.39, 0.29) is 5.91 Å². The second-order valence-corrected chi connectivity index (χ2v) is 8.68. The number of amides is 1. The van der Waals surface area contributed by atoms with Crippen LogP contribution in [0.3, 0.4) is 0 Å². The Kier molecular flexibility index (Phi) is 6.66. The van der Waals surface area contributed by atoms with Gasteiger partial charge in [0.15, 0.2) is 5.82 Å². The van der Waals surface area contributed by atoms with Crippen molar-refractivity contribution in [3.8, 4) is 11.4 Å². The molecule has 1 N–H and O–H groups in total. The van der Waals surface area contributed by atoms with Gasteiger partial charge in [0.05, 0.1) is 12.8 Å². The van der Waals surface area contributed by atoms with Gasteiger partial charge < -0.3 is 14.6 Å². The van der Waals surface area contributed by atoms with Gasteiger partial charge in [0.25, 0.3) is 5.91 Å². The zero-order valence-electron chi connectivity index (χ0n) is 19.1. The van der Waals surface area contributed by atoms with E-state index in [1.54, 1.807) is 12.5 Å². The first-order valence-corrected chi connectivity index (χ1v) is 11.8. The molecule has 34 heavy (non-hydrogen) atoms. The van der Waals surface area contributed by atoms with E-state index < -0.39 is 0 Å². The van der Waals surface area contributed by atoms with Crippen molar-refractivity contribution in [3.05, 3.63) is 102 Å². The average molecular weight is 453 g/mol. The lowest BCUT2D eigenvalue weighted by atomic mass is 9.90. The first kappa shape index (κ1) is 21.9. The van der Waals surface area contributed by atoms with Crippen LogP contribution >= 0.6 is 0 Å². The predicted octanol–water partition coefficient (Wildman–Crippen LogP) is 5.13. The Hall–Kier alpha value is -3.93. The fraction of sp³-hybridized carbons (Fsp3) is 0.250. The molecule has 172 valence electrons. The number of rotatable bonds is 7. The molecule has 2 aromatic heterocycles. The van der Waals surface area contributed by atoms with Crippen molar-refractivity contribution in [2.75, 3.05) is 18.0 Å². The number of nitrogens with one attached hydrogen (secondary N) is 1. The number of furan rings is 1. The third-order valence-electron chi connectivity index (χ3n) is 6.33. The van der Waals surface area contributed by atoms with Crippen molar-refractivity contribution in [1.29, 1.82) is 0 Å². The summed E-state index contributed by atoms with van der Waals surface area (Å²) in [4.78, 5) is 24.7. The van der Waals surface area contributed by atoms with Crippen LogP contribution in [-0.2, 0) is 13.0 Å². The van der Waals surface area contributed by atoms with Crippen molar-refractivity contribution < 1.29 is 9.21 Å². The van der Waals surface area contributed by atoms with Crippen LogP contribution in [0.25, 0.3) is 11.4 Å². The summed E-state index contributed by atoms with van der Waals surface area (Å²) in [5.74, 6) is 2.47. The minimum atomic E-state index is -0.197. The Balaban J connectivity index is 1.35. The van der Waals surface area contributed by atoms with E-state index in [9.17, 15) is 4.79 Å². The molecule has 1 saturated heterocycles. The van der Waals surface area contributed by atoms with Gasteiger partial charge in [-0.05, 0) is 42.9 Å². The average Bonchev–Trinajstić information content (AvgIpc) is 3.42. The molecule has 0 unspecified atom stereocenters. The summed E-state index contributed by atoms with van der Waals surface area (Å²) in [6.07, 6.45) is 6.47. The largest absolute Gasteiger partial charge is 0.467 e. The van der Waals surface area contributed by atoms with Crippen molar-refractivity contribution in [2.24, 2.45) is 5.92 Å². The van der Waals surface area contributed by atoms with Crippen LogP contribution in [0.2, 0.25) is 0 Å². The van der Waals surface area contributed by atoms with Gasteiger partial charge in [-0.2, -0.15) is 0 Å². The minimum absolute atomic E-state index is 0.197. The van der Waals surface area contributed by atoms with Crippen LogP contribution in [0.5, 0.6) is 0 Å². The zero-order valence-corrected chi connectivity index (χ0v) is 19.1. The van der Waals surface area contributed by atoms with Crippen LogP contribution in [0.1, 0.15) is 34.5 Å². The number of carbonyl (C=O) groups excluding carboxylic acids is 1. The van der Waals surface area contributed by atoms with Crippen LogP contribution in [-0.4, -0.2) is 29.0 Å². The van der Waals surface area contributed by atoms with E-state index in [4.69, 9.17) is 9.40 Å². The number of piperidine rings is 1. The summed E-state index contributed by atoms with van der Waals surface area (Å²) in [5.41, 5.74) is 2.81. The lowest BCUT2D eigenvalue weighted by Crippen LogP contribution is -2.37. The number of aromatic nitrogens is 2. The zero-order chi connectivity index (χ0) is 23.2. The number of nitrogens with zero attached hydrogens (tertiary/aromatic N) is 3. The van der Waals surface area contributed by atoms with Gasteiger partial charge >= 0.3 is 0 Å². The summed E-state index contributed by atoms with van der Waals surface area (Å²) in [6, 6.07) is 24.2. The SMILES string of the molecule is O=C(NCc1ccco1)c1cnc(-c2ccccc2)nc1N1CCC(Cc2ccccc2)CC1. The summed E-state index contributed by atoms with van der Waals surface area (Å²) in [7, 11) is 0. The molecule has 1 amide bonds. The van der Waals surface area contributed by atoms with Gasteiger partial charge in [-0.3, -0.25) is 4.79 Å². The summed E-state index contributed by atoms with van der Waals surface area (Å²) < 4.78 is 5.35. The maximum atomic E-state index is 13.1. The predicted molar refractivity (Wildman–Crippen MR) is 132 cm³/mol. The molecule has 2 aromatic carbocycles. The highest BCUT2D eigenvalue weighted by atomic mass is 16.3. The molecule has 6 heteroatoms. The molecule has 6 nitrogen and oxygen atoms in total. The van der Waals surface area contributed by atoms with Crippen molar-refractivity contribution >= 4 is 11.7 Å². The minimum Gasteiger partial charge on any atom is -0.467 e. The van der Waals surface area contributed by atoms with E-state index in [1.807, 2.05) is 42.5 Å². The van der Waals surface area contributed by atoms with Crippen molar-refractivity contribution in [2.45, 2.75) is 25.8 Å². The highest BCUT2D eigenvalue weighted by Crippen LogP contribution is 2.28. The lowest BCUT2D eigenvalue weighted by molar-refractivity contribution is 0.0947. The number of hydrogen-bond donors (Lipinski definition) is 1. The van der Waals surface area contributed by atoms with Crippen LogP contribution < -0.4 is 10.2 Å². The van der Waals surface area contributed by atoms with Crippen molar-refractivity contribution in [3.63, 3.8) is 0 Å². The van der Waals surface area contributed by atoms with Gasteiger partial charge in [-0.15, -0.1) is 0 Å². The molecule has 1 aliphatic rings. The molecule has 5 rings (SSSR count). The lowest BCUT2D eigenvalue weighted by Gasteiger charge is -2.34. The highest BCUT2D eigenvalue weighted by Gasteiger charge is 2.25. The van der Waals surface area contributed by atoms with Gasteiger partial charge in [0, 0.05) is 24.8 Å². The number of benzene rings is 2. The Morgan fingerprint density at radius 2 is 1.71 bits per heavy atom. The third kappa shape index (κ3) is 5.17. The fourth-order valence-corrected chi connectivity index (χ4v) is 4.47. The van der Waals surface area contributed by atoms with Crippen molar-refractivity contribution in [1.82, 2.24) is 15.3 Å². The molecule has 0 aliphatic carbocycles. The molecular weight excluding hydrogens is 424 g/mol.